The van der Waals surface area contributed by atoms with E-state index >= 15 is 0 Å². The summed E-state index contributed by atoms with van der Waals surface area (Å²) in [5, 5.41) is 29.9. The van der Waals surface area contributed by atoms with Crippen LogP contribution in [0.4, 0.5) is 5.95 Å². The van der Waals surface area contributed by atoms with Gasteiger partial charge in [-0.15, -0.1) is 0 Å². The van der Waals surface area contributed by atoms with Gasteiger partial charge in [0.1, 0.15) is 12.2 Å². The van der Waals surface area contributed by atoms with Gasteiger partial charge in [0.15, 0.2) is 22.7 Å². The summed E-state index contributed by atoms with van der Waals surface area (Å²) < 4.78 is 26.9. The number of anilines is 1. The zero-order chi connectivity index (χ0) is 25.6. The van der Waals surface area contributed by atoms with E-state index in [2.05, 4.69) is 9.97 Å². The molecule has 0 aromatic carbocycles. The smallest absolute Gasteiger partial charge is 0.359 e. The van der Waals surface area contributed by atoms with Gasteiger partial charge in [-0.05, 0) is 26.2 Å². The average molecular weight is 503 g/mol. The Kier molecular flexibility index (Phi) is 7.32. The molecule has 3 rings (SSSR count). The molecule has 3 unspecified atom stereocenters. The maximum atomic E-state index is 12.9. The van der Waals surface area contributed by atoms with Crippen LogP contribution >= 0.6 is 7.60 Å². The molecule has 6 atom stereocenters. The molecule has 6 N–H and O–H groups in total. The number of fused-ring (bicyclic) bond motifs is 1. The van der Waals surface area contributed by atoms with Crippen LogP contribution in [0.5, 0.6) is 0 Å². The van der Waals surface area contributed by atoms with Crippen LogP contribution in [-0.2, 0) is 20.9 Å². The summed E-state index contributed by atoms with van der Waals surface area (Å²) in [4.78, 5) is 31.1. The van der Waals surface area contributed by atoms with Crippen molar-refractivity contribution in [1.29, 1.82) is 0 Å². The van der Waals surface area contributed by atoms with Crippen molar-refractivity contribution in [1.82, 2.24) is 19.1 Å². The molecule has 1 aliphatic heterocycles. The van der Waals surface area contributed by atoms with Crippen LogP contribution in [0.2, 0.25) is 0 Å². The van der Waals surface area contributed by atoms with Gasteiger partial charge < -0.3 is 30.7 Å². The topological polar surface area (TPSA) is 195 Å². The van der Waals surface area contributed by atoms with Crippen molar-refractivity contribution in [3.63, 3.8) is 0 Å². The van der Waals surface area contributed by atoms with Crippen molar-refractivity contribution in [3.05, 3.63) is 16.7 Å². The molecule has 34 heavy (non-hydrogen) atoms. The minimum absolute atomic E-state index is 0.00305. The lowest BCUT2D eigenvalue weighted by molar-refractivity contribution is -0.0753. The molecular formula is C20H34N5O8P. The van der Waals surface area contributed by atoms with E-state index in [1.54, 1.807) is 20.8 Å². The van der Waals surface area contributed by atoms with E-state index in [1.165, 1.54) is 24.9 Å². The highest BCUT2D eigenvalue weighted by Crippen LogP contribution is 2.59. The fourth-order valence-corrected chi connectivity index (χ4v) is 5.46. The van der Waals surface area contributed by atoms with Gasteiger partial charge in [-0.3, -0.25) is 23.0 Å². The van der Waals surface area contributed by atoms with Gasteiger partial charge >= 0.3 is 7.60 Å². The highest BCUT2D eigenvalue weighted by Gasteiger charge is 2.51. The number of hydrogen-bond acceptors (Lipinski definition) is 10. The molecule has 2 aromatic rings. The molecule has 1 fully saturated rings. The van der Waals surface area contributed by atoms with E-state index in [0.717, 1.165) is 4.57 Å². The summed E-state index contributed by atoms with van der Waals surface area (Å²) in [6.45, 7) is 6.31. The van der Waals surface area contributed by atoms with Crippen molar-refractivity contribution >= 4 is 24.7 Å². The number of ether oxygens (including phenoxy) is 1. The van der Waals surface area contributed by atoms with Gasteiger partial charge in [-0.2, -0.15) is 4.98 Å². The Morgan fingerprint density at radius 3 is 2.41 bits per heavy atom. The second-order valence-electron chi connectivity index (χ2n) is 8.98. The van der Waals surface area contributed by atoms with Crippen molar-refractivity contribution < 1.29 is 34.0 Å². The van der Waals surface area contributed by atoms with Crippen LogP contribution in [0, 0.1) is 0 Å². The van der Waals surface area contributed by atoms with Gasteiger partial charge in [-0.1, -0.05) is 20.8 Å². The number of rotatable bonds is 9. The van der Waals surface area contributed by atoms with Crippen LogP contribution < -0.4 is 11.3 Å². The number of nitrogens with two attached hydrogens (primary N) is 1. The first kappa shape index (κ1) is 26.7. The summed E-state index contributed by atoms with van der Waals surface area (Å²) in [6.07, 6.45) is -3.14. The third-order valence-electron chi connectivity index (χ3n) is 6.91. The highest BCUT2D eigenvalue weighted by atomic mass is 31.2. The maximum absolute atomic E-state index is 12.9. The quantitative estimate of drug-likeness (QED) is 0.301. The third kappa shape index (κ3) is 4.41. The molecule has 1 saturated heterocycles. The first-order valence-electron chi connectivity index (χ1n) is 11.2. The Hall–Kier alpha value is -1.86. The molecule has 0 bridgehead atoms. The lowest BCUT2D eigenvalue weighted by Crippen LogP contribution is -2.41. The lowest BCUT2D eigenvalue weighted by atomic mass is 9.88. The van der Waals surface area contributed by atoms with Crippen molar-refractivity contribution in [3.8, 4) is 0 Å². The van der Waals surface area contributed by atoms with E-state index in [0.29, 0.717) is 0 Å². The Labute approximate surface area is 196 Å². The van der Waals surface area contributed by atoms with Crippen LogP contribution in [0.25, 0.3) is 11.2 Å². The molecule has 0 aliphatic carbocycles. The van der Waals surface area contributed by atoms with Crippen LogP contribution in [0.15, 0.2) is 11.1 Å². The van der Waals surface area contributed by atoms with Gasteiger partial charge in [0, 0.05) is 13.5 Å². The molecule has 192 valence electrons. The second kappa shape index (κ2) is 9.30. The number of nitrogen functional groups attached to an aromatic ring is 1. The molecule has 0 amide bonds. The second-order valence-corrected chi connectivity index (χ2v) is 11.2. The SMILES string of the molecule is CCC(CC)(CC1O[C@@H](n2cnc3c(=O)n(C)c(N)nc32)[C@H](O)[C@@H]1O)OP(=O)(O)C(C)(O)CC. The molecule has 14 heteroatoms. The normalized spacial score (nSPS) is 27.1. The molecular weight excluding hydrogens is 469 g/mol. The van der Waals surface area contributed by atoms with Gasteiger partial charge in [0.2, 0.25) is 5.95 Å². The number of hydrogen-bond donors (Lipinski definition) is 5. The molecule has 13 nitrogen and oxygen atoms in total. The minimum Gasteiger partial charge on any atom is -0.388 e. The van der Waals surface area contributed by atoms with Gasteiger partial charge in [-0.25, -0.2) is 4.98 Å². The maximum Gasteiger partial charge on any atom is 0.359 e. The monoisotopic (exact) mass is 503 g/mol. The van der Waals surface area contributed by atoms with E-state index < -0.39 is 48.6 Å². The minimum atomic E-state index is -4.47. The van der Waals surface area contributed by atoms with E-state index in [4.69, 9.17) is 15.0 Å². The summed E-state index contributed by atoms with van der Waals surface area (Å²) in [5.74, 6) is -0.0603. The summed E-state index contributed by atoms with van der Waals surface area (Å²) in [5.41, 5.74) is 4.21. The Morgan fingerprint density at radius 2 is 1.85 bits per heavy atom. The zero-order valence-electron chi connectivity index (χ0n) is 20.0. The molecule has 2 aromatic heterocycles. The van der Waals surface area contributed by atoms with Crippen LogP contribution in [0.1, 0.15) is 59.6 Å². The predicted octanol–water partition coefficient (Wildman–Crippen LogP) is 0.601. The number of aromatic nitrogens is 4. The molecule has 3 heterocycles. The first-order valence-corrected chi connectivity index (χ1v) is 12.8. The Bertz CT molecular complexity index is 1140. The van der Waals surface area contributed by atoms with Crippen molar-refractivity contribution in [2.45, 2.75) is 88.9 Å². The largest absolute Gasteiger partial charge is 0.388 e. The van der Waals surface area contributed by atoms with Crippen LogP contribution in [0.3, 0.4) is 0 Å². The molecule has 0 saturated carbocycles. The van der Waals surface area contributed by atoms with E-state index in [1.807, 2.05) is 0 Å². The summed E-state index contributed by atoms with van der Waals surface area (Å²) >= 11 is 0. The number of aliphatic hydroxyl groups excluding tert-OH is 2. The van der Waals surface area contributed by atoms with E-state index in [-0.39, 0.29) is 42.8 Å². The fourth-order valence-electron chi connectivity index (χ4n) is 4.01. The lowest BCUT2D eigenvalue weighted by Gasteiger charge is -2.39. The number of nitrogens with zero attached hydrogens (tertiary/aromatic N) is 4. The standard InChI is InChI=1S/C20H34N5O8P/c1-6-19(4,29)34(30,31)33-20(7-2,8-3)9-11-13(26)14(27)17(32-11)25-10-22-12-15(25)23-18(21)24(5)16(12)28/h10-11,13-14,17,26-27,29H,6-9H2,1-5H3,(H2,21,23)(H,30,31)/t11?,13-,14-,17-,19?/m1/s1. The fraction of sp³-hybridized carbons (Fsp3) is 0.750. The van der Waals surface area contributed by atoms with Crippen molar-refractivity contribution in [2.24, 2.45) is 7.05 Å². The molecule has 0 radical (unpaired) electrons. The third-order valence-corrected chi connectivity index (χ3v) is 9.08. The highest BCUT2D eigenvalue weighted by molar-refractivity contribution is 7.54. The average Bonchev–Trinajstić information content (AvgIpc) is 3.32. The number of imidazole rings is 1. The Morgan fingerprint density at radius 1 is 1.24 bits per heavy atom. The zero-order valence-corrected chi connectivity index (χ0v) is 20.8. The predicted molar refractivity (Wildman–Crippen MR) is 123 cm³/mol. The molecule has 1 aliphatic rings. The number of aliphatic hydroxyl groups is 3. The Balaban J connectivity index is 1.92. The van der Waals surface area contributed by atoms with Gasteiger partial charge in [0.25, 0.3) is 5.56 Å². The van der Waals surface area contributed by atoms with Crippen LogP contribution in [-0.4, -0.2) is 68.6 Å². The first-order chi connectivity index (χ1) is 15.7. The van der Waals surface area contributed by atoms with Gasteiger partial charge in [0.05, 0.1) is 18.0 Å². The molecule has 0 spiro atoms. The summed E-state index contributed by atoms with van der Waals surface area (Å²) in [7, 11) is -3.02. The van der Waals surface area contributed by atoms with Crippen molar-refractivity contribution in [2.75, 3.05) is 5.73 Å². The summed E-state index contributed by atoms with van der Waals surface area (Å²) in [6, 6.07) is 0. The van der Waals surface area contributed by atoms with E-state index in [9.17, 15) is 29.6 Å².